The van der Waals surface area contributed by atoms with Gasteiger partial charge in [-0.3, -0.25) is 9.59 Å². The number of aryl methyl sites for hydroxylation is 1. The lowest BCUT2D eigenvalue weighted by atomic mass is 10.0. The predicted octanol–water partition coefficient (Wildman–Crippen LogP) is 5.06. The maximum absolute atomic E-state index is 13.5. The number of anilines is 1. The maximum atomic E-state index is 13.5. The van der Waals surface area contributed by atoms with Crippen LogP contribution >= 0.6 is 0 Å². The summed E-state index contributed by atoms with van der Waals surface area (Å²) in [4.78, 5) is 30.3. The summed E-state index contributed by atoms with van der Waals surface area (Å²) in [7, 11) is 0. The molecule has 1 aliphatic heterocycles. The number of hydrogen-bond acceptors (Lipinski definition) is 3. The van der Waals surface area contributed by atoms with Gasteiger partial charge >= 0.3 is 0 Å². The van der Waals surface area contributed by atoms with E-state index >= 15 is 0 Å². The third kappa shape index (κ3) is 5.66. The van der Waals surface area contributed by atoms with E-state index in [1.807, 2.05) is 85.5 Å². The molecule has 3 aromatic rings. The summed E-state index contributed by atoms with van der Waals surface area (Å²) in [5.41, 5.74) is 4.62. The summed E-state index contributed by atoms with van der Waals surface area (Å²) in [6, 6.07) is 25.8. The summed E-state index contributed by atoms with van der Waals surface area (Å²) in [6.07, 6.45) is 1.70. The summed E-state index contributed by atoms with van der Waals surface area (Å²) in [6.45, 7) is 6.85. The van der Waals surface area contributed by atoms with Crippen molar-refractivity contribution in [2.75, 3.05) is 24.5 Å². The SMILES string of the molecule is CCN(Cc1ccccc1)C(=O)c1ccccc1N1CCC(NC(=O)c2cccc(C)c2)CC1. The van der Waals surface area contributed by atoms with Crippen LogP contribution in [0.15, 0.2) is 78.9 Å². The third-order valence-corrected chi connectivity index (χ3v) is 6.47. The van der Waals surface area contributed by atoms with Gasteiger partial charge in [-0.25, -0.2) is 0 Å². The van der Waals surface area contributed by atoms with Crippen LogP contribution in [0.5, 0.6) is 0 Å². The van der Waals surface area contributed by atoms with Crippen molar-refractivity contribution in [2.24, 2.45) is 0 Å². The Balaban J connectivity index is 1.41. The minimum Gasteiger partial charge on any atom is -0.371 e. The number of amides is 2. The van der Waals surface area contributed by atoms with Crippen LogP contribution < -0.4 is 10.2 Å². The molecular formula is C29H33N3O2. The number of carbonyl (C=O) groups is 2. The van der Waals surface area contributed by atoms with Crippen molar-refractivity contribution >= 4 is 17.5 Å². The molecular weight excluding hydrogens is 422 g/mol. The quantitative estimate of drug-likeness (QED) is 0.542. The van der Waals surface area contributed by atoms with Gasteiger partial charge in [0.15, 0.2) is 0 Å². The Morgan fingerprint density at radius 3 is 2.35 bits per heavy atom. The van der Waals surface area contributed by atoms with Gasteiger partial charge in [0.05, 0.1) is 5.56 Å². The smallest absolute Gasteiger partial charge is 0.256 e. The summed E-state index contributed by atoms with van der Waals surface area (Å²) < 4.78 is 0. The van der Waals surface area contributed by atoms with Gasteiger partial charge in [0, 0.05) is 43.5 Å². The van der Waals surface area contributed by atoms with Crippen LogP contribution in [-0.4, -0.2) is 42.4 Å². The zero-order chi connectivity index (χ0) is 23.9. The van der Waals surface area contributed by atoms with Gasteiger partial charge in [-0.2, -0.15) is 0 Å². The standard InChI is InChI=1S/C29H33N3O2/c1-3-31(21-23-11-5-4-6-12-23)29(34)26-14-7-8-15-27(26)32-18-16-25(17-19-32)30-28(33)24-13-9-10-22(2)20-24/h4-15,20,25H,3,16-19,21H2,1-2H3,(H,30,33). The Bertz CT molecular complexity index is 1120. The minimum absolute atomic E-state index is 0.0165. The average Bonchev–Trinajstić information content (AvgIpc) is 2.88. The first-order valence-corrected chi connectivity index (χ1v) is 12.1. The monoisotopic (exact) mass is 455 g/mol. The highest BCUT2D eigenvalue weighted by Gasteiger charge is 2.25. The van der Waals surface area contributed by atoms with Crippen LogP contribution in [-0.2, 0) is 6.54 Å². The van der Waals surface area contributed by atoms with Crippen LogP contribution in [0, 0.1) is 6.92 Å². The molecule has 4 rings (SSSR count). The van der Waals surface area contributed by atoms with Gasteiger partial charge in [0.1, 0.15) is 0 Å². The zero-order valence-corrected chi connectivity index (χ0v) is 20.0. The molecule has 1 heterocycles. The molecule has 1 aliphatic rings. The molecule has 34 heavy (non-hydrogen) atoms. The van der Waals surface area contributed by atoms with Gasteiger partial charge in [-0.15, -0.1) is 0 Å². The molecule has 5 heteroatoms. The van der Waals surface area contributed by atoms with E-state index < -0.39 is 0 Å². The summed E-state index contributed by atoms with van der Waals surface area (Å²) in [5, 5.41) is 3.19. The molecule has 1 fully saturated rings. The Morgan fingerprint density at radius 1 is 0.941 bits per heavy atom. The zero-order valence-electron chi connectivity index (χ0n) is 20.0. The molecule has 0 atom stereocenters. The van der Waals surface area contributed by atoms with Crippen molar-refractivity contribution in [1.82, 2.24) is 10.2 Å². The molecule has 3 aromatic carbocycles. The lowest BCUT2D eigenvalue weighted by molar-refractivity contribution is 0.0753. The first kappa shape index (κ1) is 23.6. The van der Waals surface area contributed by atoms with E-state index in [-0.39, 0.29) is 17.9 Å². The van der Waals surface area contributed by atoms with Crippen molar-refractivity contribution in [3.63, 3.8) is 0 Å². The molecule has 176 valence electrons. The van der Waals surface area contributed by atoms with E-state index in [1.165, 1.54) is 0 Å². The van der Waals surface area contributed by atoms with E-state index in [0.29, 0.717) is 18.7 Å². The maximum Gasteiger partial charge on any atom is 0.256 e. The van der Waals surface area contributed by atoms with Crippen LogP contribution in [0.25, 0.3) is 0 Å². The Labute approximate surface area is 202 Å². The molecule has 1 N–H and O–H groups in total. The Kier molecular flexibility index (Phi) is 7.63. The Hall–Kier alpha value is -3.60. The number of para-hydroxylation sites is 1. The second-order valence-corrected chi connectivity index (χ2v) is 8.93. The number of hydrogen-bond donors (Lipinski definition) is 1. The van der Waals surface area contributed by atoms with E-state index in [4.69, 9.17) is 0 Å². The predicted molar refractivity (Wildman–Crippen MR) is 137 cm³/mol. The highest BCUT2D eigenvalue weighted by atomic mass is 16.2. The van der Waals surface area contributed by atoms with E-state index in [1.54, 1.807) is 0 Å². The van der Waals surface area contributed by atoms with Crippen molar-refractivity contribution in [1.29, 1.82) is 0 Å². The molecule has 1 saturated heterocycles. The fourth-order valence-electron chi connectivity index (χ4n) is 4.55. The number of piperidine rings is 1. The number of nitrogens with one attached hydrogen (secondary N) is 1. The molecule has 0 unspecified atom stereocenters. The molecule has 0 radical (unpaired) electrons. The summed E-state index contributed by atoms with van der Waals surface area (Å²) in [5.74, 6) is 0.0362. The number of rotatable bonds is 7. The van der Waals surface area contributed by atoms with E-state index in [0.717, 1.165) is 48.3 Å². The number of benzene rings is 3. The minimum atomic E-state index is -0.0165. The Morgan fingerprint density at radius 2 is 1.65 bits per heavy atom. The van der Waals surface area contributed by atoms with Crippen LogP contribution in [0.3, 0.4) is 0 Å². The molecule has 0 aliphatic carbocycles. The van der Waals surface area contributed by atoms with Crippen molar-refractivity contribution in [2.45, 2.75) is 39.3 Å². The number of nitrogens with zero attached hydrogens (tertiary/aromatic N) is 2. The fraction of sp³-hybridized carbons (Fsp3) is 0.310. The van der Waals surface area contributed by atoms with Crippen molar-refractivity contribution in [3.05, 3.63) is 101 Å². The second-order valence-electron chi connectivity index (χ2n) is 8.93. The first-order chi connectivity index (χ1) is 16.5. The lowest BCUT2D eigenvalue weighted by Gasteiger charge is -2.35. The van der Waals surface area contributed by atoms with Crippen molar-refractivity contribution in [3.8, 4) is 0 Å². The first-order valence-electron chi connectivity index (χ1n) is 12.1. The molecule has 0 aromatic heterocycles. The van der Waals surface area contributed by atoms with Crippen LogP contribution in [0.4, 0.5) is 5.69 Å². The largest absolute Gasteiger partial charge is 0.371 e. The molecule has 0 saturated carbocycles. The van der Waals surface area contributed by atoms with Gasteiger partial charge in [0.2, 0.25) is 0 Å². The highest BCUT2D eigenvalue weighted by molar-refractivity contribution is 6.00. The van der Waals surface area contributed by atoms with E-state index in [2.05, 4.69) is 22.3 Å². The lowest BCUT2D eigenvalue weighted by Crippen LogP contribution is -2.45. The third-order valence-electron chi connectivity index (χ3n) is 6.47. The second kappa shape index (κ2) is 11.0. The van der Waals surface area contributed by atoms with Gasteiger partial charge in [0.25, 0.3) is 11.8 Å². The van der Waals surface area contributed by atoms with Crippen LogP contribution in [0.1, 0.15) is 51.6 Å². The summed E-state index contributed by atoms with van der Waals surface area (Å²) >= 11 is 0. The average molecular weight is 456 g/mol. The fourth-order valence-corrected chi connectivity index (χ4v) is 4.55. The normalized spacial score (nSPS) is 14.0. The topological polar surface area (TPSA) is 52.7 Å². The van der Waals surface area contributed by atoms with E-state index in [9.17, 15) is 9.59 Å². The molecule has 0 bridgehead atoms. The van der Waals surface area contributed by atoms with Gasteiger partial charge < -0.3 is 15.1 Å². The van der Waals surface area contributed by atoms with Crippen molar-refractivity contribution < 1.29 is 9.59 Å². The van der Waals surface area contributed by atoms with Gasteiger partial charge in [-0.05, 0) is 56.5 Å². The number of carbonyl (C=O) groups excluding carboxylic acids is 2. The molecule has 0 spiro atoms. The molecule has 5 nitrogen and oxygen atoms in total. The highest BCUT2D eigenvalue weighted by Crippen LogP contribution is 2.26. The molecule has 2 amide bonds. The van der Waals surface area contributed by atoms with Gasteiger partial charge in [-0.1, -0.05) is 60.2 Å². The van der Waals surface area contributed by atoms with Crippen LogP contribution in [0.2, 0.25) is 0 Å².